The van der Waals surface area contributed by atoms with Crippen molar-refractivity contribution in [3.8, 4) is 6.07 Å². The second-order valence-electron chi connectivity index (χ2n) is 8.46. The Balaban J connectivity index is 1.50. The Bertz CT molecular complexity index is 1300. The van der Waals surface area contributed by atoms with Gasteiger partial charge in [0.15, 0.2) is 5.16 Å². The number of nitrogens with zero attached hydrogens (tertiary/aromatic N) is 4. The van der Waals surface area contributed by atoms with Crippen LogP contribution in [0.3, 0.4) is 0 Å². The molecule has 2 aliphatic rings. The van der Waals surface area contributed by atoms with Crippen LogP contribution in [0.5, 0.6) is 0 Å². The maximum Gasteiger partial charge on any atom is 0.243 e. The lowest BCUT2D eigenvalue weighted by Gasteiger charge is -2.16. The molecule has 2 fully saturated rings. The topological polar surface area (TPSA) is 88.2 Å². The van der Waals surface area contributed by atoms with Crippen molar-refractivity contribution in [2.24, 2.45) is 0 Å². The summed E-state index contributed by atoms with van der Waals surface area (Å²) in [4.78, 5) is 5.13. The summed E-state index contributed by atoms with van der Waals surface area (Å²) in [7, 11) is -3.50. The van der Waals surface area contributed by atoms with Crippen LogP contribution in [-0.2, 0) is 27.1 Å². The van der Waals surface area contributed by atoms with Crippen molar-refractivity contribution in [3.05, 3.63) is 53.6 Å². The van der Waals surface area contributed by atoms with Gasteiger partial charge < -0.3 is 9.30 Å². The highest BCUT2D eigenvalue weighted by Crippen LogP contribution is 2.31. The minimum absolute atomic E-state index is 0.126. The van der Waals surface area contributed by atoms with Crippen molar-refractivity contribution in [2.45, 2.75) is 54.1 Å². The van der Waals surface area contributed by atoms with E-state index in [1.165, 1.54) is 0 Å². The van der Waals surface area contributed by atoms with Crippen molar-refractivity contribution < 1.29 is 13.2 Å². The Hall–Kier alpha value is -2.38. The van der Waals surface area contributed by atoms with Crippen molar-refractivity contribution in [1.82, 2.24) is 13.9 Å². The molecule has 2 aromatic carbocycles. The molecule has 2 saturated heterocycles. The van der Waals surface area contributed by atoms with Gasteiger partial charge in [-0.15, -0.1) is 0 Å². The molecular weight excluding hydrogens is 456 g/mol. The van der Waals surface area contributed by atoms with Crippen molar-refractivity contribution >= 4 is 32.8 Å². The fourth-order valence-electron chi connectivity index (χ4n) is 4.50. The number of sulfonamides is 1. The molecule has 0 unspecified atom stereocenters. The Morgan fingerprint density at radius 2 is 1.97 bits per heavy atom. The molecule has 2 aliphatic heterocycles. The van der Waals surface area contributed by atoms with E-state index in [-0.39, 0.29) is 6.10 Å². The fourth-order valence-corrected chi connectivity index (χ4v) is 7.07. The molecule has 1 atom stereocenters. The maximum atomic E-state index is 13.1. The van der Waals surface area contributed by atoms with Gasteiger partial charge in [0, 0.05) is 25.4 Å². The average molecular weight is 483 g/mol. The van der Waals surface area contributed by atoms with Gasteiger partial charge in [0.05, 0.1) is 40.2 Å². The van der Waals surface area contributed by atoms with Crippen molar-refractivity contribution in [2.75, 3.05) is 19.7 Å². The monoisotopic (exact) mass is 482 g/mol. The molecule has 7 nitrogen and oxygen atoms in total. The number of hydrogen-bond acceptors (Lipinski definition) is 6. The van der Waals surface area contributed by atoms with Crippen LogP contribution in [0.15, 0.2) is 52.5 Å². The first-order chi connectivity index (χ1) is 16.1. The Morgan fingerprint density at radius 1 is 1.15 bits per heavy atom. The summed E-state index contributed by atoms with van der Waals surface area (Å²) >= 11 is 1.56. The van der Waals surface area contributed by atoms with E-state index in [0.717, 1.165) is 48.5 Å². The smallest absolute Gasteiger partial charge is 0.243 e. The van der Waals surface area contributed by atoms with Crippen molar-refractivity contribution in [1.29, 1.82) is 5.26 Å². The first-order valence-electron chi connectivity index (χ1n) is 11.3. The Labute approximate surface area is 198 Å². The summed E-state index contributed by atoms with van der Waals surface area (Å²) in [5.74, 6) is 0.609. The molecular formula is C24H26N4O3S2. The summed E-state index contributed by atoms with van der Waals surface area (Å²) in [6, 6.07) is 15.1. The number of thioether (sulfide) groups is 1. The van der Waals surface area contributed by atoms with Gasteiger partial charge >= 0.3 is 0 Å². The zero-order chi connectivity index (χ0) is 22.8. The minimum Gasteiger partial charge on any atom is -0.376 e. The molecule has 0 saturated carbocycles. The lowest BCUT2D eigenvalue weighted by molar-refractivity contribution is 0.0960. The van der Waals surface area contributed by atoms with Gasteiger partial charge in [-0.05, 0) is 55.5 Å². The number of hydrogen-bond donors (Lipinski definition) is 0. The van der Waals surface area contributed by atoms with E-state index >= 15 is 0 Å². The van der Waals surface area contributed by atoms with Crippen LogP contribution in [0.25, 0.3) is 11.0 Å². The highest BCUT2D eigenvalue weighted by molar-refractivity contribution is 7.98. The molecule has 3 aromatic rings. The van der Waals surface area contributed by atoms with Crippen LogP contribution in [0.1, 0.15) is 36.8 Å². The predicted molar refractivity (Wildman–Crippen MR) is 127 cm³/mol. The molecule has 0 aliphatic carbocycles. The Kier molecular flexibility index (Phi) is 6.43. The zero-order valence-corrected chi connectivity index (χ0v) is 19.9. The van der Waals surface area contributed by atoms with Gasteiger partial charge in [0.1, 0.15) is 0 Å². The molecule has 172 valence electrons. The highest BCUT2D eigenvalue weighted by Gasteiger charge is 2.28. The lowest BCUT2D eigenvalue weighted by Crippen LogP contribution is -2.27. The molecule has 9 heteroatoms. The molecule has 0 radical (unpaired) electrons. The number of nitriles is 1. The largest absolute Gasteiger partial charge is 0.376 e. The van der Waals surface area contributed by atoms with Gasteiger partial charge in [-0.2, -0.15) is 9.57 Å². The first-order valence-corrected chi connectivity index (χ1v) is 13.7. The number of aromatic nitrogens is 2. The lowest BCUT2D eigenvalue weighted by atomic mass is 10.1. The fraction of sp³-hybridized carbons (Fsp3) is 0.417. The predicted octanol–water partition coefficient (Wildman–Crippen LogP) is 4.16. The van der Waals surface area contributed by atoms with Crippen LogP contribution in [0, 0.1) is 11.3 Å². The number of benzene rings is 2. The van der Waals surface area contributed by atoms with Crippen LogP contribution in [0.2, 0.25) is 0 Å². The first kappa shape index (κ1) is 22.4. The SMILES string of the molecule is N#Cc1ccccc1CSc1nc2cc(S(=O)(=O)N3CCCC3)ccc2n1C[C@H]1CCCO1. The van der Waals surface area contributed by atoms with E-state index in [1.54, 1.807) is 28.2 Å². The van der Waals surface area contributed by atoms with Gasteiger partial charge in [-0.25, -0.2) is 13.4 Å². The van der Waals surface area contributed by atoms with Gasteiger partial charge in [0.2, 0.25) is 10.0 Å². The summed E-state index contributed by atoms with van der Waals surface area (Å²) in [5, 5.41) is 10.2. The molecule has 3 heterocycles. The van der Waals surface area contributed by atoms with Gasteiger partial charge in [-0.3, -0.25) is 0 Å². The molecule has 0 amide bonds. The normalized spacial score (nSPS) is 19.3. The zero-order valence-electron chi connectivity index (χ0n) is 18.3. The van der Waals surface area contributed by atoms with E-state index in [2.05, 4.69) is 10.6 Å². The quantitative estimate of drug-likeness (QED) is 0.470. The van der Waals surface area contributed by atoms with Crippen LogP contribution in [0.4, 0.5) is 0 Å². The Morgan fingerprint density at radius 3 is 2.73 bits per heavy atom. The van der Waals surface area contributed by atoms with Crippen LogP contribution >= 0.6 is 11.8 Å². The van der Waals surface area contributed by atoms with E-state index in [9.17, 15) is 13.7 Å². The molecule has 0 N–H and O–H groups in total. The third kappa shape index (κ3) is 4.53. The molecule has 0 spiro atoms. The average Bonchev–Trinajstić information content (AvgIpc) is 3.60. The van der Waals surface area contributed by atoms with Crippen LogP contribution < -0.4 is 0 Å². The molecule has 0 bridgehead atoms. The van der Waals surface area contributed by atoms with E-state index in [1.807, 2.05) is 30.3 Å². The van der Waals surface area contributed by atoms with Gasteiger partial charge in [0.25, 0.3) is 0 Å². The number of fused-ring (bicyclic) bond motifs is 1. The van der Waals surface area contributed by atoms with Gasteiger partial charge in [-0.1, -0.05) is 30.0 Å². The summed E-state index contributed by atoms with van der Waals surface area (Å²) in [6.07, 6.45) is 3.99. The standard InChI is InChI=1S/C24H26N4O3S2/c25-15-18-6-1-2-7-19(18)17-32-24-26-22-14-21(33(29,30)27-11-3-4-12-27)9-10-23(22)28(24)16-20-8-5-13-31-20/h1-2,6-7,9-10,14,20H,3-5,8,11-13,16-17H2/t20-/m1/s1. The second kappa shape index (κ2) is 9.47. The van der Waals surface area contributed by atoms with E-state index in [4.69, 9.17) is 9.72 Å². The highest BCUT2D eigenvalue weighted by atomic mass is 32.2. The minimum atomic E-state index is -3.50. The summed E-state index contributed by atoms with van der Waals surface area (Å²) in [5.41, 5.74) is 3.19. The van der Waals surface area contributed by atoms with E-state index in [0.29, 0.717) is 41.4 Å². The van der Waals surface area contributed by atoms with Crippen LogP contribution in [-0.4, -0.2) is 48.1 Å². The summed E-state index contributed by atoms with van der Waals surface area (Å²) < 4.78 is 35.7. The molecule has 5 rings (SSSR count). The van der Waals surface area contributed by atoms with Crippen molar-refractivity contribution in [3.63, 3.8) is 0 Å². The third-order valence-corrected chi connectivity index (χ3v) is 9.21. The molecule has 1 aromatic heterocycles. The third-order valence-electron chi connectivity index (χ3n) is 6.29. The summed E-state index contributed by atoms with van der Waals surface area (Å²) in [6.45, 7) is 2.60. The van der Waals surface area contributed by atoms with E-state index < -0.39 is 10.0 Å². The number of ether oxygens (including phenoxy) is 1. The second-order valence-corrected chi connectivity index (χ2v) is 11.3. The molecule has 33 heavy (non-hydrogen) atoms. The number of rotatable bonds is 7. The maximum absolute atomic E-state index is 13.1. The number of imidazole rings is 1.